The number of nitrogens with zero attached hydrogens (tertiary/aromatic N) is 5. The van der Waals surface area contributed by atoms with Gasteiger partial charge in [-0.05, 0) is 42.7 Å². The van der Waals surface area contributed by atoms with Crippen LogP contribution in [0.15, 0.2) is 79.1 Å². The number of benzene rings is 3. The van der Waals surface area contributed by atoms with Crippen LogP contribution in [0.4, 0.5) is 11.6 Å². The summed E-state index contributed by atoms with van der Waals surface area (Å²) in [4.78, 5) is 31.0. The van der Waals surface area contributed by atoms with Crippen molar-refractivity contribution in [3.8, 4) is 5.75 Å². The number of ether oxygens (including phenoxy) is 1. The second-order valence-corrected chi connectivity index (χ2v) is 8.41. The van der Waals surface area contributed by atoms with E-state index in [1.807, 2.05) is 55.5 Å². The maximum atomic E-state index is 13.9. The molecule has 0 N–H and O–H groups in total. The lowest BCUT2D eigenvalue weighted by Gasteiger charge is -2.39. The fraction of sp³-hybridized carbons (Fsp3) is 0.192. The number of carbonyl (C=O) groups excluding carboxylic acids is 1. The maximum Gasteiger partial charge on any atom is 0.282 e. The van der Waals surface area contributed by atoms with Crippen LogP contribution in [-0.2, 0) is 0 Å². The second-order valence-electron chi connectivity index (χ2n) is 8.41. The van der Waals surface area contributed by atoms with Gasteiger partial charge in [-0.15, -0.1) is 0 Å². The molecule has 35 heavy (non-hydrogen) atoms. The Kier molecular flexibility index (Phi) is 5.74. The molecule has 0 saturated carbocycles. The van der Waals surface area contributed by atoms with Crippen LogP contribution in [-0.4, -0.2) is 32.7 Å². The molecule has 0 bridgehead atoms. The van der Waals surface area contributed by atoms with Crippen molar-refractivity contribution in [2.45, 2.75) is 25.4 Å². The van der Waals surface area contributed by atoms with Gasteiger partial charge in [0.25, 0.3) is 11.6 Å². The van der Waals surface area contributed by atoms with Crippen LogP contribution in [0.3, 0.4) is 0 Å². The molecule has 2 atom stereocenters. The normalized spacial score (nSPS) is 17.0. The van der Waals surface area contributed by atoms with Crippen LogP contribution in [0.1, 0.15) is 45.6 Å². The van der Waals surface area contributed by atoms with Gasteiger partial charge in [0.05, 0.1) is 24.1 Å². The second kappa shape index (κ2) is 9.02. The number of nitro benzene ring substituents is 1. The van der Waals surface area contributed by atoms with Crippen molar-refractivity contribution < 1.29 is 14.5 Å². The third kappa shape index (κ3) is 4.01. The molecule has 9 heteroatoms. The molecule has 0 aliphatic carbocycles. The molecule has 5 rings (SSSR count). The lowest BCUT2D eigenvalue weighted by molar-refractivity contribution is -0.385. The monoisotopic (exact) mass is 469 g/mol. The van der Waals surface area contributed by atoms with E-state index in [4.69, 9.17) is 4.74 Å². The zero-order chi connectivity index (χ0) is 24.5. The third-order valence-electron chi connectivity index (χ3n) is 6.34. The molecular formula is C26H23N5O4. The molecule has 9 nitrogen and oxygen atoms in total. The first-order valence-corrected chi connectivity index (χ1v) is 11.1. The number of aromatic nitrogens is 3. The Morgan fingerprint density at radius 2 is 1.66 bits per heavy atom. The molecule has 0 spiro atoms. The van der Waals surface area contributed by atoms with Crippen molar-refractivity contribution in [1.82, 2.24) is 14.8 Å². The molecule has 0 radical (unpaired) electrons. The van der Waals surface area contributed by atoms with Gasteiger partial charge in [-0.2, -0.15) is 10.1 Å². The van der Waals surface area contributed by atoms with Crippen LogP contribution >= 0.6 is 0 Å². The standard InChI is InChI=1S/C26H23N5O4/c1-17-7-9-18(10-8-17)23-15-24(19-11-13-20(35-2)14-12-19)30-26(27-16-28-30)29(23)25(32)21-5-3-4-6-22(21)31(33)34/h3-14,16,23-24H,15H2,1-2H3/t23-,24+/m1/s1. The Bertz CT molecular complexity index is 1380. The zero-order valence-corrected chi connectivity index (χ0v) is 19.2. The zero-order valence-electron chi connectivity index (χ0n) is 19.2. The SMILES string of the molecule is COc1ccc([C@@H]2C[C@H](c3ccc(C)cc3)N(C(=O)c3ccccc3[N+](=O)[O-])c3ncnn32)cc1. The number of aryl methyl sites for hydroxylation is 1. The van der Waals surface area contributed by atoms with Crippen LogP contribution in [0.5, 0.6) is 5.75 Å². The van der Waals surface area contributed by atoms with E-state index < -0.39 is 16.9 Å². The molecule has 176 valence electrons. The third-order valence-corrected chi connectivity index (χ3v) is 6.34. The number of nitro groups is 1. The number of rotatable bonds is 5. The van der Waals surface area contributed by atoms with Crippen molar-refractivity contribution >= 4 is 17.5 Å². The van der Waals surface area contributed by atoms with Gasteiger partial charge in [-0.25, -0.2) is 4.68 Å². The van der Waals surface area contributed by atoms with E-state index in [1.54, 1.807) is 23.9 Å². The number of amides is 1. The van der Waals surface area contributed by atoms with E-state index in [1.165, 1.54) is 23.4 Å². The number of anilines is 1. The number of fused-ring (bicyclic) bond motifs is 1. The summed E-state index contributed by atoms with van der Waals surface area (Å²) in [6.07, 6.45) is 1.92. The largest absolute Gasteiger partial charge is 0.497 e. The molecule has 1 aliphatic rings. The molecule has 1 amide bonds. The Hall–Kier alpha value is -4.53. The average Bonchev–Trinajstić information content (AvgIpc) is 3.38. The van der Waals surface area contributed by atoms with Gasteiger partial charge in [0.15, 0.2) is 0 Å². The van der Waals surface area contributed by atoms with Crippen LogP contribution in [0.25, 0.3) is 0 Å². The van der Waals surface area contributed by atoms with E-state index in [2.05, 4.69) is 10.1 Å². The first-order valence-electron chi connectivity index (χ1n) is 11.1. The summed E-state index contributed by atoms with van der Waals surface area (Å²) in [6, 6.07) is 21.0. The Balaban J connectivity index is 1.65. The predicted octanol–water partition coefficient (Wildman–Crippen LogP) is 4.88. The van der Waals surface area contributed by atoms with Crippen molar-refractivity contribution in [1.29, 1.82) is 0 Å². The van der Waals surface area contributed by atoms with E-state index in [9.17, 15) is 14.9 Å². The molecule has 0 saturated heterocycles. The Labute approximate surface area is 201 Å². The highest BCUT2D eigenvalue weighted by Gasteiger charge is 2.41. The van der Waals surface area contributed by atoms with Crippen LogP contribution < -0.4 is 9.64 Å². The Morgan fingerprint density at radius 3 is 2.34 bits per heavy atom. The quantitative estimate of drug-likeness (QED) is 0.305. The highest BCUT2D eigenvalue weighted by atomic mass is 16.6. The minimum absolute atomic E-state index is 0.00654. The molecular weight excluding hydrogens is 446 g/mol. The summed E-state index contributed by atoms with van der Waals surface area (Å²) in [5.41, 5.74) is 2.76. The van der Waals surface area contributed by atoms with Crippen molar-refractivity contribution in [3.63, 3.8) is 0 Å². The first-order chi connectivity index (χ1) is 17.0. The summed E-state index contributed by atoms with van der Waals surface area (Å²) in [5.74, 6) is 0.586. The van der Waals surface area contributed by atoms with Gasteiger partial charge in [-0.3, -0.25) is 19.8 Å². The van der Waals surface area contributed by atoms with Gasteiger partial charge in [0, 0.05) is 6.07 Å². The average molecular weight is 470 g/mol. The topological polar surface area (TPSA) is 103 Å². The van der Waals surface area contributed by atoms with Gasteiger partial charge < -0.3 is 4.74 Å². The predicted molar refractivity (Wildman–Crippen MR) is 130 cm³/mol. The number of carbonyl (C=O) groups is 1. The van der Waals surface area contributed by atoms with Gasteiger partial charge >= 0.3 is 0 Å². The summed E-state index contributed by atoms with van der Waals surface area (Å²) in [5, 5.41) is 16.1. The highest BCUT2D eigenvalue weighted by Crippen LogP contribution is 2.43. The molecule has 2 heterocycles. The smallest absolute Gasteiger partial charge is 0.282 e. The molecule has 4 aromatic rings. The molecule has 1 aromatic heterocycles. The number of hydrogen-bond acceptors (Lipinski definition) is 6. The van der Waals surface area contributed by atoms with Crippen molar-refractivity contribution in [2.75, 3.05) is 12.0 Å². The van der Waals surface area contributed by atoms with Gasteiger partial charge in [0.1, 0.15) is 17.6 Å². The minimum atomic E-state index is -0.539. The molecule has 0 fully saturated rings. The van der Waals surface area contributed by atoms with Crippen LogP contribution in [0.2, 0.25) is 0 Å². The fourth-order valence-corrected chi connectivity index (χ4v) is 4.55. The van der Waals surface area contributed by atoms with E-state index in [0.29, 0.717) is 12.4 Å². The molecule has 1 aliphatic heterocycles. The lowest BCUT2D eigenvalue weighted by atomic mass is 9.91. The van der Waals surface area contributed by atoms with E-state index >= 15 is 0 Å². The van der Waals surface area contributed by atoms with E-state index in [0.717, 1.165) is 22.4 Å². The summed E-state index contributed by atoms with van der Waals surface area (Å²) in [7, 11) is 1.62. The van der Waals surface area contributed by atoms with Crippen molar-refractivity contribution in [2.24, 2.45) is 0 Å². The van der Waals surface area contributed by atoms with Crippen LogP contribution in [0, 0.1) is 17.0 Å². The summed E-state index contributed by atoms with van der Waals surface area (Å²) in [6.45, 7) is 2.00. The molecule has 0 unspecified atom stereocenters. The maximum absolute atomic E-state index is 13.9. The van der Waals surface area contributed by atoms with Gasteiger partial charge in [0.2, 0.25) is 5.95 Å². The lowest BCUT2D eigenvalue weighted by Crippen LogP contribution is -2.42. The van der Waals surface area contributed by atoms with E-state index in [-0.39, 0.29) is 17.3 Å². The first kappa shape index (κ1) is 22.3. The van der Waals surface area contributed by atoms with Crippen molar-refractivity contribution in [3.05, 3.63) is 111 Å². The minimum Gasteiger partial charge on any atom is -0.497 e. The highest BCUT2D eigenvalue weighted by molar-refractivity contribution is 6.08. The Morgan fingerprint density at radius 1 is 1.00 bits per heavy atom. The summed E-state index contributed by atoms with van der Waals surface area (Å²) >= 11 is 0. The summed E-state index contributed by atoms with van der Waals surface area (Å²) < 4.78 is 7.01. The fourth-order valence-electron chi connectivity index (χ4n) is 4.55. The molecule has 3 aromatic carbocycles. The van der Waals surface area contributed by atoms with Gasteiger partial charge in [-0.1, -0.05) is 54.1 Å². The number of methoxy groups -OCH3 is 1. The number of para-hydroxylation sites is 1. The number of hydrogen-bond donors (Lipinski definition) is 0.